The number of aromatic nitrogens is 1. The van der Waals surface area contributed by atoms with E-state index in [2.05, 4.69) is 28.6 Å². The Bertz CT molecular complexity index is 423. The van der Waals surface area contributed by atoms with Gasteiger partial charge < -0.3 is 4.90 Å². The molecule has 4 heteroatoms. The van der Waals surface area contributed by atoms with Gasteiger partial charge in [-0.1, -0.05) is 0 Å². The van der Waals surface area contributed by atoms with E-state index in [4.69, 9.17) is 0 Å². The van der Waals surface area contributed by atoms with E-state index in [-0.39, 0.29) is 5.78 Å². The molecule has 98 valence electrons. The van der Waals surface area contributed by atoms with E-state index in [1.54, 1.807) is 19.2 Å². The molecule has 4 nitrogen and oxygen atoms in total. The highest BCUT2D eigenvalue weighted by Crippen LogP contribution is 2.16. The molecule has 0 atom stereocenters. The number of carbonyl (C=O) groups excluding carboxylic acids is 1. The average molecular weight is 247 g/mol. The summed E-state index contributed by atoms with van der Waals surface area (Å²) in [4.78, 5) is 20.5. The van der Waals surface area contributed by atoms with Crippen molar-refractivity contribution in [1.29, 1.82) is 0 Å². The maximum Gasteiger partial charge on any atom is 0.159 e. The molecule has 1 aliphatic heterocycles. The molecule has 1 fully saturated rings. The van der Waals surface area contributed by atoms with Crippen LogP contribution in [0.4, 0.5) is 5.82 Å². The molecule has 2 rings (SSSR count). The first kappa shape index (κ1) is 13.0. The van der Waals surface area contributed by atoms with E-state index in [0.29, 0.717) is 6.04 Å². The number of piperazine rings is 1. The van der Waals surface area contributed by atoms with Crippen molar-refractivity contribution in [3.05, 3.63) is 23.9 Å². The Labute approximate surface area is 109 Å². The van der Waals surface area contributed by atoms with Gasteiger partial charge in [0.25, 0.3) is 0 Å². The van der Waals surface area contributed by atoms with Gasteiger partial charge in [-0.15, -0.1) is 0 Å². The Morgan fingerprint density at radius 1 is 1.28 bits per heavy atom. The molecular weight excluding hydrogens is 226 g/mol. The Balaban J connectivity index is 2.05. The van der Waals surface area contributed by atoms with Crippen LogP contribution in [-0.2, 0) is 0 Å². The van der Waals surface area contributed by atoms with Crippen LogP contribution in [0.1, 0.15) is 31.1 Å². The van der Waals surface area contributed by atoms with Gasteiger partial charge in [-0.05, 0) is 32.9 Å². The van der Waals surface area contributed by atoms with Crippen LogP contribution in [0.5, 0.6) is 0 Å². The Kier molecular flexibility index (Phi) is 3.97. The second kappa shape index (κ2) is 5.48. The van der Waals surface area contributed by atoms with Gasteiger partial charge in [-0.25, -0.2) is 4.98 Å². The first-order valence-electron chi connectivity index (χ1n) is 6.54. The van der Waals surface area contributed by atoms with Gasteiger partial charge >= 0.3 is 0 Å². The molecule has 0 radical (unpaired) electrons. The number of hydrogen-bond acceptors (Lipinski definition) is 4. The van der Waals surface area contributed by atoms with Crippen LogP contribution in [0.3, 0.4) is 0 Å². The average Bonchev–Trinajstić information content (AvgIpc) is 2.39. The lowest BCUT2D eigenvalue weighted by Gasteiger charge is -2.37. The molecule has 1 aliphatic rings. The molecule has 18 heavy (non-hydrogen) atoms. The lowest BCUT2D eigenvalue weighted by molar-refractivity contribution is 0.101. The molecule has 0 N–H and O–H groups in total. The summed E-state index contributed by atoms with van der Waals surface area (Å²) in [6, 6.07) is 4.27. The third-order valence-electron chi connectivity index (χ3n) is 3.52. The summed E-state index contributed by atoms with van der Waals surface area (Å²) in [6.07, 6.45) is 1.72. The minimum absolute atomic E-state index is 0.0967. The van der Waals surface area contributed by atoms with Crippen LogP contribution in [0.2, 0.25) is 0 Å². The van der Waals surface area contributed by atoms with Crippen LogP contribution in [-0.4, -0.2) is 47.9 Å². The quantitative estimate of drug-likeness (QED) is 0.763. The van der Waals surface area contributed by atoms with Crippen molar-refractivity contribution < 1.29 is 4.79 Å². The standard InChI is InChI=1S/C14H21N3O/c1-11(2)16-6-8-17(9-7-16)14-10-13(12(3)18)4-5-15-14/h4-5,10-11H,6-9H2,1-3H3. The number of anilines is 1. The second-order valence-corrected chi connectivity index (χ2v) is 5.08. The Morgan fingerprint density at radius 3 is 2.50 bits per heavy atom. The van der Waals surface area contributed by atoms with E-state index < -0.39 is 0 Å². The predicted octanol–water partition coefficient (Wildman–Crippen LogP) is 1.81. The van der Waals surface area contributed by atoms with Crippen LogP contribution in [0, 0.1) is 0 Å². The van der Waals surface area contributed by atoms with Crippen LogP contribution >= 0.6 is 0 Å². The molecule has 1 aromatic rings. The molecule has 0 aromatic carbocycles. The fourth-order valence-electron chi connectivity index (χ4n) is 2.28. The number of ketones is 1. The summed E-state index contributed by atoms with van der Waals surface area (Å²) in [5, 5.41) is 0. The lowest BCUT2D eigenvalue weighted by Crippen LogP contribution is -2.49. The van der Waals surface area contributed by atoms with Crippen LogP contribution < -0.4 is 4.90 Å². The van der Waals surface area contributed by atoms with E-state index in [1.165, 1.54) is 0 Å². The third-order valence-corrected chi connectivity index (χ3v) is 3.52. The van der Waals surface area contributed by atoms with E-state index in [1.807, 2.05) is 6.07 Å². The predicted molar refractivity (Wildman–Crippen MR) is 73.2 cm³/mol. The number of rotatable bonds is 3. The van der Waals surface area contributed by atoms with E-state index in [0.717, 1.165) is 37.6 Å². The largest absolute Gasteiger partial charge is 0.354 e. The maximum atomic E-state index is 11.4. The minimum atomic E-state index is 0.0967. The van der Waals surface area contributed by atoms with Gasteiger partial charge in [0, 0.05) is 44.0 Å². The molecule has 0 aliphatic carbocycles. The van der Waals surface area contributed by atoms with Crippen molar-refractivity contribution >= 4 is 11.6 Å². The summed E-state index contributed by atoms with van der Waals surface area (Å²) in [6.45, 7) is 10.1. The van der Waals surface area contributed by atoms with Crippen molar-refractivity contribution in [2.24, 2.45) is 0 Å². The van der Waals surface area contributed by atoms with Crippen molar-refractivity contribution in [3.63, 3.8) is 0 Å². The fraction of sp³-hybridized carbons (Fsp3) is 0.571. The van der Waals surface area contributed by atoms with Gasteiger partial charge in [0.2, 0.25) is 0 Å². The zero-order valence-corrected chi connectivity index (χ0v) is 11.4. The number of hydrogen-bond donors (Lipinski definition) is 0. The van der Waals surface area contributed by atoms with Gasteiger partial charge in [0.15, 0.2) is 5.78 Å². The summed E-state index contributed by atoms with van der Waals surface area (Å²) in [5.74, 6) is 1.02. The van der Waals surface area contributed by atoms with Crippen LogP contribution in [0.15, 0.2) is 18.3 Å². The van der Waals surface area contributed by atoms with Gasteiger partial charge in [0.05, 0.1) is 0 Å². The van der Waals surface area contributed by atoms with Gasteiger partial charge in [-0.2, -0.15) is 0 Å². The molecule has 0 amide bonds. The van der Waals surface area contributed by atoms with Crippen molar-refractivity contribution in [1.82, 2.24) is 9.88 Å². The molecule has 0 spiro atoms. The minimum Gasteiger partial charge on any atom is -0.354 e. The molecule has 1 aromatic heterocycles. The Morgan fingerprint density at radius 2 is 1.94 bits per heavy atom. The topological polar surface area (TPSA) is 36.4 Å². The zero-order chi connectivity index (χ0) is 13.1. The van der Waals surface area contributed by atoms with Crippen molar-refractivity contribution in [3.8, 4) is 0 Å². The summed E-state index contributed by atoms with van der Waals surface area (Å²) in [7, 11) is 0. The molecule has 1 saturated heterocycles. The summed E-state index contributed by atoms with van der Waals surface area (Å²) in [5.41, 5.74) is 0.742. The van der Waals surface area contributed by atoms with Gasteiger partial charge in [-0.3, -0.25) is 9.69 Å². The van der Waals surface area contributed by atoms with E-state index in [9.17, 15) is 4.79 Å². The molecule has 0 bridgehead atoms. The first-order chi connectivity index (χ1) is 8.58. The lowest BCUT2D eigenvalue weighted by atomic mass is 10.2. The zero-order valence-electron chi connectivity index (χ0n) is 11.4. The number of pyridine rings is 1. The normalized spacial score (nSPS) is 17.2. The molecule has 0 saturated carbocycles. The van der Waals surface area contributed by atoms with Crippen molar-refractivity contribution in [2.45, 2.75) is 26.8 Å². The second-order valence-electron chi connectivity index (χ2n) is 5.08. The van der Waals surface area contributed by atoms with E-state index >= 15 is 0 Å². The smallest absolute Gasteiger partial charge is 0.159 e. The highest BCUT2D eigenvalue weighted by atomic mass is 16.1. The van der Waals surface area contributed by atoms with Gasteiger partial charge in [0.1, 0.15) is 5.82 Å². The highest BCUT2D eigenvalue weighted by Gasteiger charge is 2.19. The Hall–Kier alpha value is -1.42. The number of carbonyl (C=O) groups is 1. The van der Waals surface area contributed by atoms with Crippen LogP contribution in [0.25, 0.3) is 0 Å². The summed E-state index contributed by atoms with van der Waals surface area (Å²) >= 11 is 0. The summed E-state index contributed by atoms with van der Waals surface area (Å²) < 4.78 is 0. The third kappa shape index (κ3) is 2.88. The van der Waals surface area contributed by atoms with Crippen molar-refractivity contribution in [2.75, 3.05) is 31.1 Å². The number of nitrogens with zero attached hydrogens (tertiary/aromatic N) is 3. The molecular formula is C14H21N3O. The molecule has 0 unspecified atom stereocenters. The highest BCUT2D eigenvalue weighted by molar-refractivity contribution is 5.94. The first-order valence-corrected chi connectivity index (χ1v) is 6.54. The molecule has 2 heterocycles. The number of Topliss-reactive ketones (excluding diaryl/α,β-unsaturated/α-hetero) is 1. The fourth-order valence-corrected chi connectivity index (χ4v) is 2.28. The SMILES string of the molecule is CC(=O)c1ccnc(N2CCN(C(C)C)CC2)c1. The maximum absolute atomic E-state index is 11.4. The monoisotopic (exact) mass is 247 g/mol.